The van der Waals surface area contributed by atoms with Crippen molar-refractivity contribution >= 4 is 0 Å². The molecule has 0 aromatic heterocycles. The van der Waals surface area contributed by atoms with Crippen LogP contribution in [0.1, 0.15) is 37.7 Å². The molecule has 1 aliphatic rings. The van der Waals surface area contributed by atoms with Crippen LogP contribution in [0.2, 0.25) is 0 Å². The van der Waals surface area contributed by atoms with Crippen LogP contribution in [0.5, 0.6) is 11.5 Å². The number of hydrogen-bond acceptors (Lipinski definition) is 3. The van der Waals surface area contributed by atoms with E-state index in [4.69, 9.17) is 4.74 Å². The van der Waals surface area contributed by atoms with Crippen LogP contribution >= 0.6 is 0 Å². The van der Waals surface area contributed by atoms with Crippen LogP contribution in [-0.2, 0) is 6.54 Å². The van der Waals surface area contributed by atoms with E-state index >= 15 is 0 Å². The minimum absolute atomic E-state index is 0.294. The molecule has 0 unspecified atom stereocenters. The van der Waals surface area contributed by atoms with E-state index < -0.39 is 0 Å². The Hall–Kier alpha value is -1.22. The van der Waals surface area contributed by atoms with Gasteiger partial charge in [0.15, 0.2) is 11.5 Å². The van der Waals surface area contributed by atoms with E-state index in [0.717, 1.165) is 25.2 Å². The summed E-state index contributed by atoms with van der Waals surface area (Å²) in [6.07, 6.45) is 6.58. The van der Waals surface area contributed by atoms with Crippen molar-refractivity contribution in [2.24, 2.45) is 0 Å². The normalized spacial score (nSPS) is 18.1. The molecule has 0 spiro atoms. The summed E-state index contributed by atoms with van der Waals surface area (Å²) in [5.41, 5.74) is 0.968. The van der Waals surface area contributed by atoms with Crippen molar-refractivity contribution in [2.45, 2.75) is 38.6 Å². The molecule has 1 fully saturated rings. The average Bonchev–Trinajstić information content (AvgIpc) is 2.34. The molecule has 100 valence electrons. The van der Waals surface area contributed by atoms with Crippen LogP contribution in [-0.4, -0.2) is 30.2 Å². The predicted molar refractivity (Wildman–Crippen MR) is 73.0 cm³/mol. The minimum atomic E-state index is 0.294. The lowest BCUT2D eigenvalue weighted by Crippen LogP contribution is -2.26. The number of rotatable bonds is 3. The molecule has 0 saturated carbocycles. The summed E-state index contributed by atoms with van der Waals surface area (Å²) in [5.74, 6) is 0.863. The summed E-state index contributed by atoms with van der Waals surface area (Å²) >= 11 is 0. The summed E-state index contributed by atoms with van der Waals surface area (Å²) in [7, 11) is 1.59. The minimum Gasteiger partial charge on any atom is -0.504 e. The summed E-state index contributed by atoms with van der Waals surface area (Å²) in [5, 5.41) is 10.1. The highest BCUT2D eigenvalue weighted by Crippen LogP contribution is 2.30. The van der Waals surface area contributed by atoms with Crippen molar-refractivity contribution in [3.63, 3.8) is 0 Å². The van der Waals surface area contributed by atoms with Gasteiger partial charge in [-0.15, -0.1) is 0 Å². The first-order chi connectivity index (χ1) is 8.81. The molecule has 1 aromatic carbocycles. The highest BCUT2D eigenvalue weighted by Gasteiger charge is 2.13. The van der Waals surface area contributed by atoms with E-state index in [9.17, 15) is 5.11 Å². The van der Waals surface area contributed by atoms with Crippen LogP contribution in [0, 0.1) is 0 Å². The fourth-order valence-electron chi connectivity index (χ4n) is 2.57. The van der Waals surface area contributed by atoms with Gasteiger partial charge in [-0.05, 0) is 32.0 Å². The summed E-state index contributed by atoms with van der Waals surface area (Å²) in [6, 6.07) is 5.72. The third-order valence-corrected chi connectivity index (χ3v) is 3.65. The number of hydrogen-bond donors (Lipinski definition) is 1. The smallest absolute Gasteiger partial charge is 0.162 e. The lowest BCUT2D eigenvalue weighted by atomic mass is 10.1. The maximum absolute atomic E-state index is 10.1. The largest absolute Gasteiger partial charge is 0.504 e. The van der Waals surface area contributed by atoms with E-state index in [1.54, 1.807) is 13.2 Å². The summed E-state index contributed by atoms with van der Waals surface area (Å²) < 4.78 is 5.15. The maximum Gasteiger partial charge on any atom is 0.162 e. The van der Waals surface area contributed by atoms with Crippen LogP contribution in [0.3, 0.4) is 0 Å². The van der Waals surface area contributed by atoms with Crippen molar-refractivity contribution in [3.8, 4) is 11.5 Å². The Labute approximate surface area is 109 Å². The molecule has 1 aliphatic heterocycles. The SMILES string of the molecule is COc1cccc(CN2CCCCCCC2)c1O. The molecule has 3 heteroatoms. The zero-order chi connectivity index (χ0) is 12.8. The second-order valence-corrected chi connectivity index (χ2v) is 5.01. The lowest BCUT2D eigenvalue weighted by molar-refractivity contribution is 0.236. The molecule has 1 N–H and O–H groups in total. The Morgan fingerprint density at radius 2 is 1.78 bits per heavy atom. The van der Waals surface area contributed by atoms with Crippen molar-refractivity contribution in [1.29, 1.82) is 0 Å². The molecule has 1 heterocycles. The standard InChI is InChI=1S/C15H23NO2/c1-18-14-9-7-8-13(15(14)17)12-16-10-5-3-2-4-6-11-16/h7-9,17H,2-6,10-12H2,1H3. The lowest BCUT2D eigenvalue weighted by Gasteiger charge is -2.25. The fraction of sp³-hybridized carbons (Fsp3) is 0.600. The number of likely N-dealkylation sites (tertiary alicyclic amines) is 1. The van der Waals surface area contributed by atoms with Crippen LogP contribution in [0.15, 0.2) is 18.2 Å². The van der Waals surface area contributed by atoms with Gasteiger partial charge in [-0.3, -0.25) is 4.90 Å². The topological polar surface area (TPSA) is 32.7 Å². The second-order valence-electron chi connectivity index (χ2n) is 5.01. The first-order valence-electron chi connectivity index (χ1n) is 6.88. The van der Waals surface area contributed by atoms with Gasteiger partial charge in [0.05, 0.1) is 7.11 Å². The molecule has 18 heavy (non-hydrogen) atoms. The Morgan fingerprint density at radius 3 is 2.44 bits per heavy atom. The number of benzene rings is 1. The highest BCUT2D eigenvalue weighted by molar-refractivity contribution is 5.45. The summed E-state index contributed by atoms with van der Waals surface area (Å²) in [6.45, 7) is 3.09. The van der Waals surface area contributed by atoms with Gasteiger partial charge in [-0.1, -0.05) is 31.4 Å². The van der Waals surface area contributed by atoms with Gasteiger partial charge >= 0.3 is 0 Å². The van der Waals surface area contributed by atoms with Gasteiger partial charge in [0.1, 0.15) is 0 Å². The number of phenolic OH excluding ortho intramolecular Hbond substituents is 1. The first-order valence-corrected chi connectivity index (χ1v) is 6.88. The third kappa shape index (κ3) is 3.39. The molecule has 1 aromatic rings. The van der Waals surface area contributed by atoms with E-state index in [2.05, 4.69) is 4.90 Å². The monoisotopic (exact) mass is 249 g/mol. The maximum atomic E-state index is 10.1. The molecular weight excluding hydrogens is 226 g/mol. The van der Waals surface area contributed by atoms with Crippen molar-refractivity contribution < 1.29 is 9.84 Å². The van der Waals surface area contributed by atoms with Gasteiger partial charge in [-0.25, -0.2) is 0 Å². The molecule has 0 aliphatic carbocycles. The van der Waals surface area contributed by atoms with E-state index in [-0.39, 0.29) is 0 Å². The Balaban J connectivity index is 2.03. The molecule has 0 amide bonds. The van der Waals surface area contributed by atoms with E-state index in [1.165, 1.54) is 32.1 Å². The molecule has 0 radical (unpaired) electrons. The predicted octanol–water partition coefficient (Wildman–Crippen LogP) is 3.17. The first kappa shape index (κ1) is 13.2. The fourth-order valence-corrected chi connectivity index (χ4v) is 2.57. The van der Waals surface area contributed by atoms with Gasteiger partial charge < -0.3 is 9.84 Å². The van der Waals surface area contributed by atoms with Crippen LogP contribution in [0.4, 0.5) is 0 Å². The number of aromatic hydroxyl groups is 1. The van der Waals surface area contributed by atoms with Crippen LogP contribution < -0.4 is 4.74 Å². The Bertz CT molecular complexity index is 371. The van der Waals surface area contributed by atoms with Crippen molar-refractivity contribution in [2.75, 3.05) is 20.2 Å². The molecular formula is C15H23NO2. The van der Waals surface area contributed by atoms with Crippen molar-refractivity contribution in [1.82, 2.24) is 4.90 Å². The average molecular weight is 249 g/mol. The molecule has 2 rings (SSSR count). The number of phenols is 1. The highest BCUT2D eigenvalue weighted by atomic mass is 16.5. The number of para-hydroxylation sites is 1. The Morgan fingerprint density at radius 1 is 1.11 bits per heavy atom. The molecule has 1 saturated heterocycles. The number of methoxy groups -OCH3 is 1. The second kappa shape index (κ2) is 6.64. The molecule has 0 atom stereocenters. The number of ether oxygens (including phenoxy) is 1. The van der Waals surface area contributed by atoms with Gasteiger partial charge in [0.2, 0.25) is 0 Å². The van der Waals surface area contributed by atoms with Gasteiger partial charge in [0, 0.05) is 12.1 Å². The van der Waals surface area contributed by atoms with E-state index in [1.807, 2.05) is 12.1 Å². The van der Waals surface area contributed by atoms with Crippen molar-refractivity contribution in [3.05, 3.63) is 23.8 Å². The van der Waals surface area contributed by atoms with E-state index in [0.29, 0.717) is 11.5 Å². The van der Waals surface area contributed by atoms with Gasteiger partial charge in [0.25, 0.3) is 0 Å². The summed E-state index contributed by atoms with van der Waals surface area (Å²) in [4.78, 5) is 2.44. The number of nitrogens with zero attached hydrogens (tertiary/aromatic N) is 1. The molecule has 3 nitrogen and oxygen atoms in total. The Kier molecular flexibility index (Phi) is 4.88. The molecule has 0 bridgehead atoms. The quantitative estimate of drug-likeness (QED) is 0.893. The van der Waals surface area contributed by atoms with Gasteiger partial charge in [-0.2, -0.15) is 0 Å². The zero-order valence-corrected chi connectivity index (χ0v) is 11.2. The third-order valence-electron chi connectivity index (χ3n) is 3.65. The zero-order valence-electron chi connectivity index (χ0n) is 11.2. The van der Waals surface area contributed by atoms with Crippen LogP contribution in [0.25, 0.3) is 0 Å².